The molecule has 4 rings (SSSR count). The molecular formula is C19H15N3OS. The third kappa shape index (κ3) is 2.43. The second-order valence-corrected chi connectivity index (χ2v) is 6.67. The van der Waals surface area contributed by atoms with Crippen molar-refractivity contribution in [1.82, 2.24) is 9.55 Å². The van der Waals surface area contributed by atoms with Crippen LogP contribution in [0, 0.1) is 6.92 Å². The molecule has 5 heteroatoms. The Labute approximate surface area is 142 Å². The number of hydrogen-bond acceptors (Lipinski definition) is 3. The Morgan fingerprint density at radius 3 is 2.71 bits per heavy atom. The minimum absolute atomic E-state index is 0.237. The van der Waals surface area contributed by atoms with Gasteiger partial charge in [0.15, 0.2) is 4.80 Å². The zero-order valence-electron chi connectivity index (χ0n) is 13.4. The summed E-state index contributed by atoms with van der Waals surface area (Å²) in [7, 11) is 1.93. The molecule has 2 heterocycles. The van der Waals surface area contributed by atoms with Gasteiger partial charge in [0.1, 0.15) is 0 Å². The highest BCUT2D eigenvalue weighted by Gasteiger charge is 2.12. The maximum atomic E-state index is 12.8. The van der Waals surface area contributed by atoms with Gasteiger partial charge in [-0.3, -0.25) is 9.78 Å². The van der Waals surface area contributed by atoms with Gasteiger partial charge in [0.2, 0.25) is 0 Å². The van der Waals surface area contributed by atoms with Crippen LogP contribution in [-0.2, 0) is 7.05 Å². The second-order valence-electron chi connectivity index (χ2n) is 5.66. The molecule has 24 heavy (non-hydrogen) atoms. The number of thiazole rings is 1. The summed E-state index contributed by atoms with van der Waals surface area (Å²) in [6.45, 7) is 1.89. The normalized spacial score (nSPS) is 12.2. The van der Waals surface area contributed by atoms with Crippen molar-refractivity contribution < 1.29 is 4.79 Å². The molecule has 2 aromatic carbocycles. The number of nitrogens with zero attached hydrogens (tertiary/aromatic N) is 3. The van der Waals surface area contributed by atoms with Crippen LogP contribution in [0.1, 0.15) is 16.1 Å². The van der Waals surface area contributed by atoms with E-state index in [0.29, 0.717) is 10.4 Å². The van der Waals surface area contributed by atoms with Gasteiger partial charge in [-0.2, -0.15) is 4.99 Å². The van der Waals surface area contributed by atoms with Gasteiger partial charge in [-0.15, -0.1) is 0 Å². The molecule has 0 aliphatic carbocycles. The highest BCUT2D eigenvalue weighted by molar-refractivity contribution is 7.16. The maximum Gasteiger partial charge on any atom is 0.280 e. The number of hydrogen-bond donors (Lipinski definition) is 0. The highest BCUT2D eigenvalue weighted by Crippen LogP contribution is 2.20. The Balaban J connectivity index is 1.91. The molecule has 0 N–H and O–H groups in total. The zero-order valence-corrected chi connectivity index (χ0v) is 14.2. The smallest absolute Gasteiger partial charge is 0.280 e. The fraction of sp³-hybridized carbons (Fsp3) is 0.105. The number of carbonyl (C=O) groups is 1. The molecule has 2 aromatic heterocycles. The van der Waals surface area contributed by atoms with Gasteiger partial charge >= 0.3 is 0 Å². The topological polar surface area (TPSA) is 47.2 Å². The van der Waals surface area contributed by atoms with E-state index in [0.717, 1.165) is 26.8 Å². The second kappa shape index (κ2) is 5.69. The van der Waals surface area contributed by atoms with E-state index in [1.165, 1.54) is 11.3 Å². The summed E-state index contributed by atoms with van der Waals surface area (Å²) >= 11 is 1.52. The van der Waals surface area contributed by atoms with Crippen molar-refractivity contribution in [1.29, 1.82) is 0 Å². The van der Waals surface area contributed by atoms with E-state index in [9.17, 15) is 4.79 Å². The summed E-state index contributed by atoms with van der Waals surface area (Å²) in [6, 6.07) is 17.5. The molecule has 118 valence electrons. The van der Waals surface area contributed by atoms with Gasteiger partial charge in [-0.25, -0.2) is 0 Å². The lowest BCUT2D eigenvalue weighted by Crippen LogP contribution is -2.13. The number of aromatic nitrogens is 2. The molecule has 0 unspecified atom stereocenters. The van der Waals surface area contributed by atoms with Crippen molar-refractivity contribution in [2.75, 3.05) is 0 Å². The Morgan fingerprint density at radius 2 is 1.88 bits per heavy atom. The van der Waals surface area contributed by atoms with Gasteiger partial charge in [-0.05, 0) is 31.2 Å². The third-order valence-corrected chi connectivity index (χ3v) is 5.10. The molecule has 0 spiro atoms. The monoisotopic (exact) mass is 333 g/mol. The molecule has 0 radical (unpaired) electrons. The van der Waals surface area contributed by atoms with Crippen molar-refractivity contribution in [3.05, 3.63) is 70.7 Å². The Bertz CT molecular complexity index is 1150. The molecule has 0 atom stereocenters. The van der Waals surface area contributed by atoms with E-state index in [4.69, 9.17) is 0 Å². The predicted octanol–water partition coefficient (Wildman–Crippen LogP) is 3.84. The number of aryl methyl sites for hydroxylation is 2. The fourth-order valence-corrected chi connectivity index (χ4v) is 3.84. The van der Waals surface area contributed by atoms with E-state index < -0.39 is 0 Å². The van der Waals surface area contributed by atoms with E-state index >= 15 is 0 Å². The SMILES string of the molecule is Cc1cc(C(=O)N=c2sc3ccccc3n2C)c2ccccc2n1. The molecule has 0 saturated heterocycles. The van der Waals surface area contributed by atoms with Crippen LogP contribution in [0.5, 0.6) is 0 Å². The molecule has 0 saturated carbocycles. The van der Waals surface area contributed by atoms with Crippen LogP contribution in [0.4, 0.5) is 0 Å². The van der Waals surface area contributed by atoms with Crippen LogP contribution in [-0.4, -0.2) is 15.5 Å². The molecule has 0 aliphatic rings. The number of carbonyl (C=O) groups excluding carboxylic acids is 1. The van der Waals surface area contributed by atoms with Crippen LogP contribution in [0.15, 0.2) is 59.6 Å². The summed E-state index contributed by atoms with van der Waals surface area (Å²) in [5, 5.41) is 0.834. The molecule has 4 aromatic rings. The number of fused-ring (bicyclic) bond motifs is 2. The van der Waals surface area contributed by atoms with Crippen molar-refractivity contribution >= 4 is 38.4 Å². The molecular weight excluding hydrogens is 318 g/mol. The number of amides is 1. The lowest BCUT2D eigenvalue weighted by Gasteiger charge is -2.04. The number of rotatable bonds is 1. The van der Waals surface area contributed by atoms with Crippen molar-refractivity contribution in [3.8, 4) is 0 Å². The van der Waals surface area contributed by atoms with Gasteiger partial charge in [0.25, 0.3) is 5.91 Å². The van der Waals surface area contributed by atoms with E-state index in [1.807, 2.05) is 73.1 Å². The molecule has 0 bridgehead atoms. The Kier molecular flexibility index (Phi) is 3.50. The van der Waals surface area contributed by atoms with Crippen LogP contribution in [0.3, 0.4) is 0 Å². The number of para-hydroxylation sites is 2. The average Bonchev–Trinajstić information content (AvgIpc) is 2.90. The van der Waals surface area contributed by atoms with Crippen LogP contribution < -0.4 is 4.80 Å². The third-order valence-electron chi connectivity index (χ3n) is 3.99. The van der Waals surface area contributed by atoms with Crippen molar-refractivity contribution in [2.45, 2.75) is 6.92 Å². The summed E-state index contributed by atoms with van der Waals surface area (Å²) in [6.07, 6.45) is 0. The summed E-state index contributed by atoms with van der Waals surface area (Å²) in [5.41, 5.74) is 3.30. The first-order valence-electron chi connectivity index (χ1n) is 7.63. The lowest BCUT2D eigenvalue weighted by atomic mass is 10.1. The van der Waals surface area contributed by atoms with Crippen molar-refractivity contribution in [2.24, 2.45) is 12.0 Å². The lowest BCUT2D eigenvalue weighted by molar-refractivity contribution is 0.0999. The van der Waals surface area contributed by atoms with E-state index in [-0.39, 0.29) is 5.91 Å². The van der Waals surface area contributed by atoms with Gasteiger partial charge < -0.3 is 4.57 Å². The standard InChI is InChI=1S/C19H15N3OS/c1-12-11-14(13-7-3-4-8-15(13)20-12)18(23)21-19-22(2)16-9-5-6-10-17(16)24-19/h3-11H,1-2H3. The highest BCUT2D eigenvalue weighted by atomic mass is 32.1. The number of pyridine rings is 1. The van der Waals surface area contributed by atoms with Gasteiger partial charge in [0, 0.05) is 18.1 Å². The molecule has 0 fully saturated rings. The maximum absolute atomic E-state index is 12.8. The fourth-order valence-electron chi connectivity index (χ4n) is 2.82. The first-order valence-corrected chi connectivity index (χ1v) is 8.45. The molecule has 1 amide bonds. The van der Waals surface area contributed by atoms with Crippen LogP contribution in [0.25, 0.3) is 21.1 Å². The van der Waals surface area contributed by atoms with Gasteiger partial charge in [0.05, 0.1) is 21.3 Å². The Morgan fingerprint density at radius 1 is 1.12 bits per heavy atom. The summed E-state index contributed by atoms with van der Waals surface area (Å²) in [5.74, 6) is -0.237. The summed E-state index contributed by atoms with van der Waals surface area (Å²) < 4.78 is 3.07. The van der Waals surface area contributed by atoms with Crippen molar-refractivity contribution in [3.63, 3.8) is 0 Å². The average molecular weight is 333 g/mol. The first-order chi connectivity index (χ1) is 11.6. The summed E-state index contributed by atoms with van der Waals surface area (Å²) in [4.78, 5) is 22.4. The number of benzene rings is 2. The van der Waals surface area contributed by atoms with Gasteiger partial charge in [-0.1, -0.05) is 41.7 Å². The minimum Gasteiger partial charge on any atom is -0.319 e. The quantitative estimate of drug-likeness (QED) is 0.531. The van der Waals surface area contributed by atoms with Crippen LogP contribution in [0.2, 0.25) is 0 Å². The van der Waals surface area contributed by atoms with E-state index in [1.54, 1.807) is 0 Å². The first kappa shape index (κ1) is 14.8. The predicted molar refractivity (Wildman–Crippen MR) is 97.2 cm³/mol. The molecule has 4 nitrogen and oxygen atoms in total. The largest absolute Gasteiger partial charge is 0.319 e. The van der Waals surface area contributed by atoms with Crippen LogP contribution >= 0.6 is 11.3 Å². The molecule has 0 aliphatic heterocycles. The van der Waals surface area contributed by atoms with E-state index in [2.05, 4.69) is 9.98 Å². The Hall–Kier alpha value is -2.79. The minimum atomic E-state index is -0.237. The zero-order chi connectivity index (χ0) is 16.7.